The Morgan fingerprint density at radius 1 is 1.15 bits per heavy atom. The van der Waals surface area contributed by atoms with Gasteiger partial charge in [-0.1, -0.05) is 61.5 Å². The number of nitrogens with one attached hydrogen (secondary N) is 1. The van der Waals surface area contributed by atoms with Crippen LogP contribution >= 0.6 is 0 Å². The Bertz CT molecular complexity index is 1140. The number of benzene rings is 2. The van der Waals surface area contributed by atoms with Gasteiger partial charge in [-0.25, -0.2) is 8.78 Å². The molecule has 1 aliphatic heterocycles. The highest BCUT2D eigenvalue weighted by molar-refractivity contribution is 5.89. The number of hydrogen-bond acceptors (Lipinski definition) is 4. The molecule has 0 spiro atoms. The minimum absolute atomic E-state index is 0.0164. The Morgan fingerprint density at radius 2 is 1.91 bits per heavy atom. The van der Waals surface area contributed by atoms with E-state index in [1.165, 1.54) is 17.2 Å². The molecule has 1 N–H and O–H groups in total. The summed E-state index contributed by atoms with van der Waals surface area (Å²) in [5.74, 6) is -0.901. The average molecular weight is 468 g/mol. The smallest absolute Gasteiger partial charge is 0.243 e. The third kappa shape index (κ3) is 5.16. The fourth-order valence-corrected chi connectivity index (χ4v) is 4.33. The van der Waals surface area contributed by atoms with Crippen molar-refractivity contribution in [2.75, 3.05) is 6.54 Å². The first-order valence-electron chi connectivity index (χ1n) is 11.3. The summed E-state index contributed by atoms with van der Waals surface area (Å²) in [6.07, 6.45) is -0.105. The molecule has 1 saturated heterocycles. The number of nitrogens with zero attached hydrogens (tertiary/aromatic N) is 2. The van der Waals surface area contributed by atoms with Crippen LogP contribution in [0.15, 0.2) is 65.3 Å². The third-order valence-corrected chi connectivity index (χ3v) is 6.09. The Hall–Kier alpha value is -3.55. The van der Waals surface area contributed by atoms with Gasteiger partial charge in [-0.15, -0.1) is 0 Å². The van der Waals surface area contributed by atoms with E-state index >= 15 is 0 Å². The van der Waals surface area contributed by atoms with Crippen LogP contribution in [-0.2, 0) is 16.0 Å². The van der Waals surface area contributed by atoms with Gasteiger partial charge in [0.25, 0.3) is 0 Å². The maximum atomic E-state index is 14.8. The van der Waals surface area contributed by atoms with E-state index in [4.69, 9.17) is 4.52 Å². The van der Waals surface area contributed by atoms with Crippen molar-refractivity contribution in [3.63, 3.8) is 0 Å². The topological polar surface area (TPSA) is 75.4 Å². The van der Waals surface area contributed by atoms with E-state index in [1.54, 1.807) is 18.2 Å². The Labute approximate surface area is 196 Å². The zero-order valence-corrected chi connectivity index (χ0v) is 19.1. The van der Waals surface area contributed by atoms with Gasteiger partial charge in [0, 0.05) is 12.5 Å². The van der Waals surface area contributed by atoms with Crippen molar-refractivity contribution in [1.29, 1.82) is 0 Å². The third-order valence-electron chi connectivity index (χ3n) is 6.09. The number of likely N-dealkylation sites (tertiary alicyclic amines) is 1. The summed E-state index contributed by atoms with van der Waals surface area (Å²) in [4.78, 5) is 27.4. The minimum Gasteiger partial charge on any atom is -0.361 e. The molecule has 3 aromatic rings. The van der Waals surface area contributed by atoms with Crippen molar-refractivity contribution >= 4 is 11.8 Å². The fourth-order valence-electron chi connectivity index (χ4n) is 4.33. The molecule has 0 radical (unpaired) electrons. The zero-order valence-electron chi connectivity index (χ0n) is 19.1. The van der Waals surface area contributed by atoms with Gasteiger partial charge in [0.15, 0.2) is 0 Å². The maximum Gasteiger partial charge on any atom is 0.243 e. The van der Waals surface area contributed by atoms with Gasteiger partial charge >= 0.3 is 0 Å². The second kappa shape index (κ2) is 10.2. The van der Waals surface area contributed by atoms with Crippen molar-refractivity contribution in [2.45, 2.75) is 50.9 Å². The first kappa shape index (κ1) is 23.6. The fraction of sp³-hybridized carbons (Fsp3) is 0.346. The van der Waals surface area contributed by atoms with Crippen molar-refractivity contribution < 1.29 is 22.9 Å². The first-order valence-corrected chi connectivity index (χ1v) is 11.3. The van der Waals surface area contributed by atoms with Gasteiger partial charge in [0.05, 0.1) is 25.2 Å². The average Bonchev–Trinajstić information content (AvgIpc) is 3.47. The quantitative estimate of drug-likeness (QED) is 0.562. The van der Waals surface area contributed by atoms with E-state index in [-0.39, 0.29) is 31.1 Å². The van der Waals surface area contributed by atoms with E-state index < -0.39 is 30.1 Å². The highest BCUT2D eigenvalue weighted by Gasteiger charge is 2.40. The minimum atomic E-state index is -1.31. The molecule has 1 fully saturated rings. The van der Waals surface area contributed by atoms with Crippen molar-refractivity contribution in [1.82, 2.24) is 15.4 Å². The Morgan fingerprint density at radius 3 is 2.56 bits per heavy atom. The van der Waals surface area contributed by atoms with Crippen LogP contribution in [0.3, 0.4) is 0 Å². The van der Waals surface area contributed by atoms with Gasteiger partial charge in [-0.05, 0) is 28.7 Å². The number of carbonyl (C=O) groups is 2. The number of halogens is 2. The lowest BCUT2D eigenvalue weighted by Crippen LogP contribution is -2.47. The zero-order chi connectivity index (χ0) is 24.2. The van der Waals surface area contributed by atoms with Gasteiger partial charge in [0.2, 0.25) is 11.8 Å². The molecule has 0 saturated carbocycles. The molecule has 4 rings (SSSR count). The molecule has 3 unspecified atom stereocenters. The summed E-state index contributed by atoms with van der Waals surface area (Å²) in [5.41, 5.74) is 1.90. The van der Waals surface area contributed by atoms with Crippen LogP contribution in [0.25, 0.3) is 0 Å². The monoisotopic (exact) mass is 467 g/mol. The summed E-state index contributed by atoms with van der Waals surface area (Å²) in [5, 5.41) is 6.50. The molecule has 1 aliphatic rings. The molecule has 2 aromatic carbocycles. The van der Waals surface area contributed by atoms with E-state index in [1.807, 2.05) is 44.2 Å². The predicted molar refractivity (Wildman–Crippen MR) is 122 cm³/mol. The lowest BCUT2D eigenvalue weighted by molar-refractivity contribution is -0.138. The summed E-state index contributed by atoms with van der Waals surface area (Å²) in [6, 6.07) is 14.0. The van der Waals surface area contributed by atoms with Crippen molar-refractivity contribution in [3.05, 3.63) is 89.1 Å². The van der Waals surface area contributed by atoms with Crippen LogP contribution in [0.1, 0.15) is 54.7 Å². The molecule has 2 amide bonds. The SMILES string of the molecule is CC(C)c1ccc(C(NC(=O)C2CC(F)CN2C(=O)Cc2ccno2)c2ccccc2)cc1F. The predicted octanol–water partition coefficient (Wildman–Crippen LogP) is 4.32. The first-order chi connectivity index (χ1) is 16.3. The number of hydrogen-bond donors (Lipinski definition) is 1. The summed E-state index contributed by atoms with van der Waals surface area (Å²) in [6.45, 7) is 3.65. The molecule has 1 aromatic heterocycles. The van der Waals surface area contributed by atoms with E-state index in [9.17, 15) is 18.4 Å². The van der Waals surface area contributed by atoms with Gasteiger partial charge in [-0.2, -0.15) is 0 Å². The van der Waals surface area contributed by atoms with Crippen molar-refractivity contribution in [3.8, 4) is 0 Å². The lowest BCUT2D eigenvalue weighted by atomic mass is 9.94. The molecular weight excluding hydrogens is 440 g/mol. The molecule has 0 bridgehead atoms. The van der Waals surface area contributed by atoms with Crippen molar-refractivity contribution in [2.24, 2.45) is 0 Å². The lowest BCUT2D eigenvalue weighted by Gasteiger charge is -2.27. The number of rotatable bonds is 7. The van der Waals surface area contributed by atoms with E-state index in [0.29, 0.717) is 16.9 Å². The summed E-state index contributed by atoms with van der Waals surface area (Å²) in [7, 11) is 0. The highest BCUT2D eigenvalue weighted by atomic mass is 19.1. The molecule has 178 valence electrons. The maximum absolute atomic E-state index is 14.8. The molecule has 2 heterocycles. The van der Waals surface area contributed by atoms with Gasteiger partial charge < -0.3 is 14.7 Å². The molecule has 34 heavy (non-hydrogen) atoms. The highest BCUT2D eigenvalue weighted by Crippen LogP contribution is 2.28. The second-order valence-electron chi connectivity index (χ2n) is 8.84. The Balaban J connectivity index is 1.59. The number of amides is 2. The molecule has 6 nitrogen and oxygen atoms in total. The number of alkyl halides is 1. The summed E-state index contributed by atoms with van der Waals surface area (Å²) >= 11 is 0. The van der Waals surface area contributed by atoms with Crippen LogP contribution in [0.5, 0.6) is 0 Å². The number of aromatic nitrogens is 1. The van der Waals surface area contributed by atoms with Crippen LogP contribution in [0.4, 0.5) is 8.78 Å². The number of carbonyl (C=O) groups excluding carboxylic acids is 2. The van der Waals surface area contributed by atoms with E-state index in [0.717, 1.165) is 5.56 Å². The second-order valence-corrected chi connectivity index (χ2v) is 8.84. The molecule has 3 atom stereocenters. The Kier molecular flexibility index (Phi) is 7.05. The molecule has 8 heteroatoms. The molecule has 0 aliphatic carbocycles. The standard InChI is InChI=1S/C26H27F2N3O3/c1-16(2)21-9-8-18(12-22(21)28)25(17-6-4-3-5-7-17)30-26(33)23-13-19(27)15-31(23)24(32)14-20-10-11-29-34-20/h3-12,16,19,23,25H,13-15H2,1-2H3,(H,30,33). The van der Waals surface area contributed by atoms with Crippen LogP contribution in [-0.4, -0.2) is 40.6 Å². The van der Waals surface area contributed by atoms with Gasteiger partial charge in [0.1, 0.15) is 23.8 Å². The molecular formula is C26H27F2N3O3. The van der Waals surface area contributed by atoms with E-state index in [2.05, 4.69) is 10.5 Å². The largest absolute Gasteiger partial charge is 0.361 e. The normalized spacial score (nSPS) is 18.8. The van der Waals surface area contributed by atoms with Crippen LogP contribution < -0.4 is 5.32 Å². The van der Waals surface area contributed by atoms with Crippen LogP contribution in [0.2, 0.25) is 0 Å². The summed E-state index contributed by atoms with van der Waals surface area (Å²) < 4.78 is 34.1. The van der Waals surface area contributed by atoms with Gasteiger partial charge in [-0.3, -0.25) is 9.59 Å². The van der Waals surface area contributed by atoms with Crippen LogP contribution in [0, 0.1) is 5.82 Å².